The van der Waals surface area contributed by atoms with Crippen LogP contribution in [0.25, 0.3) is 6.08 Å². The second-order valence-electron chi connectivity index (χ2n) is 5.10. The first-order valence-electron chi connectivity index (χ1n) is 6.86. The molecule has 0 saturated heterocycles. The van der Waals surface area contributed by atoms with Gasteiger partial charge in [-0.25, -0.2) is 0 Å². The summed E-state index contributed by atoms with van der Waals surface area (Å²) in [4.78, 5) is 13.4. The lowest BCUT2D eigenvalue weighted by molar-refractivity contribution is -0.118. The van der Waals surface area contributed by atoms with E-state index in [1.165, 1.54) is 17.7 Å². The van der Waals surface area contributed by atoms with Crippen molar-refractivity contribution in [3.8, 4) is 0 Å². The normalized spacial score (nSPS) is 17.6. The maximum atomic E-state index is 12.2. The first-order chi connectivity index (χ1) is 9.78. The molecule has 0 atom stereocenters. The molecule has 1 amide bonds. The zero-order valence-electron chi connectivity index (χ0n) is 11.2. The largest absolute Gasteiger partial charge is 0.465 e. The van der Waals surface area contributed by atoms with Gasteiger partial charge >= 0.3 is 0 Å². The molecule has 104 valence electrons. The molecule has 2 aromatic heterocycles. The third-order valence-corrected chi connectivity index (χ3v) is 4.83. The van der Waals surface area contributed by atoms with Crippen LogP contribution in [0.4, 0.5) is 0 Å². The molecule has 1 aliphatic carbocycles. The van der Waals surface area contributed by atoms with Crippen molar-refractivity contribution in [1.29, 1.82) is 0 Å². The van der Waals surface area contributed by atoms with E-state index in [0.717, 1.165) is 12.8 Å². The van der Waals surface area contributed by atoms with Crippen molar-refractivity contribution in [1.82, 2.24) is 5.32 Å². The molecule has 1 fully saturated rings. The number of nitrogens with one attached hydrogen (secondary N) is 1. The molecule has 20 heavy (non-hydrogen) atoms. The van der Waals surface area contributed by atoms with Crippen LogP contribution in [0.15, 0.2) is 46.4 Å². The number of hydrogen-bond acceptors (Lipinski definition) is 3. The van der Waals surface area contributed by atoms with E-state index in [2.05, 4.69) is 16.8 Å². The molecule has 0 spiro atoms. The van der Waals surface area contributed by atoms with Gasteiger partial charge in [0.2, 0.25) is 5.91 Å². The van der Waals surface area contributed by atoms with Crippen molar-refractivity contribution >= 4 is 23.3 Å². The maximum Gasteiger partial charge on any atom is 0.244 e. The summed E-state index contributed by atoms with van der Waals surface area (Å²) in [6, 6.07) is 7.80. The highest BCUT2D eigenvalue weighted by atomic mass is 32.1. The van der Waals surface area contributed by atoms with E-state index >= 15 is 0 Å². The van der Waals surface area contributed by atoms with Crippen LogP contribution in [0.1, 0.15) is 36.3 Å². The topological polar surface area (TPSA) is 42.2 Å². The van der Waals surface area contributed by atoms with Gasteiger partial charge in [0.1, 0.15) is 5.76 Å². The van der Waals surface area contributed by atoms with Gasteiger partial charge in [0.15, 0.2) is 0 Å². The fourth-order valence-corrected chi connectivity index (χ4v) is 3.73. The quantitative estimate of drug-likeness (QED) is 0.865. The van der Waals surface area contributed by atoms with Crippen LogP contribution in [0.3, 0.4) is 0 Å². The molecule has 1 saturated carbocycles. The summed E-state index contributed by atoms with van der Waals surface area (Å²) in [6.45, 7) is 0. The highest BCUT2D eigenvalue weighted by Crippen LogP contribution is 2.40. The van der Waals surface area contributed by atoms with Gasteiger partial charge in [-0.3, -0.25) is 4.79 Å². The fourth-order valence-electron chi connectivity index (χ4n) is 2.78. The van der Waals surface area contributed by atoms with Crippen LogP contribution in [0.5, 0.6) is 0 Å². The SMILES string of the molecule is O=C(C=Cc1ccco1)NC1(c2cccs2)CCCC1. The molecular weight excluding hydrogens is 270 g/mol. The van der Waals surface area contributed by atoms with Gasteiger partial charge in [-0.1, -0.05) is 18.9 Å². The van der Waals surface area contributed by atoms with Gasteiger partial charge in [-0.05, 0) is 42.5 Å². The van der Waals surface area contributed by atoms with E-state index in [1.54, 1.807) is 29.8 Å². The summed E-state index contributed by atoms with van der Waals surface area (Å²) >= 11 is 1.72. The fraction of sp³-hybridized carbons (Fsp3) is 0.312. The number of carbonyl (C=O) groups is 1. The smallest absolute Gasteiger partial charge is 0.244 e. The second kappa shape index (κ2) is 5.67. The minimum absolute atomic E-state index is 0.0586. The maximum absolute atomic E-state index is 12.2. The first kappa shape index (κ1) is 13.2. The molecule has 0 unspecified atom stereocenters. The lowest BCUT2D eigenvalue weighted by Gasteiger charge is -2.28. The Kier molecular flexibility index (Phi) is 3.74. The molecule has 1 N–H and O–H groups in total. The molecule has 4 heteroatoms. The number of rotatable bonds is 4. The van der Waals surface area contributed by atoms with Crippen LogP contribution in [-0.2, 0) is 10.3 Å². The number of furan rings is 1. The molecular formula is C16H17NO2S. The summed E-state index contributed by atoms with van der Waals surface area (Å²) in [7, 11) is 0. The highest BCUT2D eigenvalue weighted by Gasteiger charge is 2.37. The Bertz CT molecular complexity index is 578. The van der Waals surface area contributed by atoms with Crippen molar-refractivity contribution < 1.29 is 9.21 Å². The molecule has 1 aliphatic rings. The summed E-state index contributed by atoms with van der Waals surface area (Å²) in [5, 5.41) is 5.27. The molecule has 0 radical (unpaired) electrons. The molecule has 0 aliphatic heterocycles. The van der Waals surface area contributed by atoms with Crippen LogP contribution in [0, 0.1) is 0 Å². The molecule has 0 bridgehead atoms. The van der Waals surface area contributed by atoms with E-state index in [4.69, 9.17) is 4.42 Å². The zero-order valence-corrected chi connectivity index (χ0v) is 12.0. The van der Waals surface area contributed by atoms with E-state index in [9.17, 15) is 4.79 Å². The van der Waals surface area contributed by atoms with Crippen LogP contribution < -0.4 is 5.32 Å². The third kappa shape index (κ3) is 2.70. The number of amides is 1. The molecule has 2 aromatic rings. The Morgan fingerprint density at radius 1 is 1.30 bits per heavy atom. The predicted octanol–water partition coefficient (Wildman–Crippen LogP) is 3.94. The minimum atomic E-state index is -0.168. The lowest BCUT2D eigenvalue weighted by atomic mass is 9.95. The zero-order chi connectivity index (χ0) is 13.8. The summed E-state index contributed by atoms with van der Waals surface area (Å²) < 4.78 is 5.19. The van der Waals surface area contributed by atoms with Crippen molar-refractivity contribution in [2.24, 2.45) is 0 Å². The summed E-state index contributed by atoms with van der Waals surface area (Å²) in [6.07, 6.45) is 9.22. The van der Waals surface area contributed by atoms with E-state index in [0.29, 0.717) is 5.76 Å². The van der Waals surface area contributed by atoms with Gasteiger partial charge in [0.05, 0.1) is 11.8 Å². The van der Waals surface area contributed by atoms with Crippen LogP contribution >= 0.6 is 11.3 Å². The van der Waals surface area contributed by atoms with Crippen molar-refractivity contribution in [3.05, 3.63) is 52.6 Å². The third-order valence-electron chi connectivity index (χ3n) is 3.75. The average Bonchev–Trinajstić information content (AvgIpc) is 3.18. The standard InChI is InChI=1S/C16H17NO2S/c18-15(8-7-13-5-3-11-19-13)17-16(9-1-2-10-16)14-6-4-12-20-14/h3-8,11-12H,1-2,9-10H2,(H,17,18). The minimum Gasteiger partial charge on any atom is -0.465 e. The van der Waals surface area contributed by atoms with E-state index < -0.39 is 0 Å². The van der Waals surface area contributed by atoms with Crippen molar-refractivity contribution in [3.63, 3.8) is 0 Å². The molecule has 3 nitrogen and oxygen atoms in total. The Hall–Kier alpha value is -1.81. The Labute approximate surface area is 122 Å². The van der Waals surface area contributed by atoms with Gasteiger partial charge in [-0.15, -0.1) is 11.3 Å². The average molecular weight is 287 g/mol. The predicted molar refractivity (Wildman–Crippen MR) is 80.3 cm³/mol. The van der Waals surface area contributed by atoms with E-state index in [-0.39, 0.29) is 11.4 Å². The number of hydrogen-bond donors (Lipinski definition) is 1. The number of carbonyl (C=O) groups excluding carboxylic acids is 1. The summed E-state index contributed by atoms with van der Waals surface area (Å²) in [5.74, 6) is 0.633. The molecule has 2 heterocycles. The van der Waals surface area contributed by atoms with Gasteiger partial charge in [-0.2, -0.15) is 0 Å². The summed E-state index contributed by atoms with van der Waals surface area (Å²) in [5.41, 5.74) is -0.168. The van der Waals surface area contributed by atoms with Gasteiger partial charge in [0, 0.05) is 11.0 Å². The number of thiophene rings is 1. The van der Waals surface area contributed by atoms with Crippen LogP contribution in [-0.4, -0.2) is 5.91 Å². The Balaban J connectivity index is 1.73. The Morgan fingerprint density at radius 2 is 2.15 bits per heavy atom. The van der Waals surface area contributed by atoms with Crippen molar-refractivity contribution in [2.45, 2.75) is 31.2 Å². The molecule has 3 rings (SSSR count). The lowest BCUT2D eigenvalue weighted by Crippen LogP contribution is -2.42. The Morgan fingerprint density at radius 3 is 2.80 bits per heavy atom. The highest BCUT2D eigenvalue weighted by molar-refractivity contribution is 7.10. The van der Waals surface area contributed by atoms with Gasteiger partial charge < -0.3 is 9.73 Å². The first-order valence-corrected chi connectivity index (χ1v) is 7.74. The molecule has 0 aromatic carbocycles. The van der Waals surface area contributed by atoms with Crippen LogP contribution in [0.2, 0.25) is 0 Å². The van der Waals surface area contributed by atoms with E-state index in [1.807, 2.05) is 18.2 Å². The van der Waals surface area contributed by atoms with Gasteiger partial charge in [0.25, 0.3) is 0 Å². The monoisotopic (exact) mass is 287 g/mol. The van der Waals surface area contributed by atoms with Crippen molar-refractivity contribution in [2.75, 3.05) is 0 Å². The second-order valence-corrected chi connectivity index (χ2v) is 6.05.